The molecule has 0 saturated carbocycles. The van der Waals surface area contributed by atoms with Gasteiger partial charge in [-0.05, 0) is 37.7 Å². The average Bonchev–Trinajstić information content (AvgIpc) is 3.00. The number of carbonyl (C=O) groups excluding carboxylic acids is 1. The number of hydrogen-bond acceptors (Lipinski definition) is 5. The predicted octanol–water partition coefficient (Wildman–Crippen LogP) is 2.37. The van der Waals surface area contributed by atoms with E-state index in [0.717, 1.165) is 16.1 Å². The van der Waals surface area contributed by atoms with Crippen molar-refractivity contribution < 1.29 is 9.53 Å². The highest BCUT2D eigenvalue weighted by molar-refractivity contribution is 7.80. The van der Waals surface area contributed by atoms with E-state index in [1.54, 1.807) is 10.9 Å². The normalized spacial score (nSPS) is 10.4. The van der Waals surface area contributed by atoms with Gasteiger partial charge in [0.05, 0.1) is 24.9 Å². The molecule has 22 heavy (non-hydrogen) atoms. The summed E-state index contributed by atoms with van der Waals surface area (Å²) in [5, 5.41) is 11.4. The summed E-state index contributed by atoms with van der Waals surface area (Å²) in [5.74, 6) is -0.362. The summed E-state index contributed by atoms with van der Waals surface area (Å²) >= 11 is 6.77. The summed E-state index contributed by atoms with van der Waals surface area (Å²) in [4.78, 5) is 13.0. The van der Waals surface area contributed by atoms with Gasteiger partial charge in [-0.1, -0.05) is 0 Å². The largest absolute Gasteiger partial charge is 0.465 e. The van der Waals surface area contributed by atoms with Crippen molar-refractivity contribution in [3.05, 3.63) is 34.0 Å². The number of ether oxygens (including phenoxy) is 1. The molecule has 2 N–H and O–H groups in total. The van der Waals surface area contributed by atoms with E-state index in [9.17, 15) is 4.79 Å². The molecule has 0 fully saturated rings. The number of methoxy groups -OCH3 is 1. The van der Waals surface area contributed by atoms with Gasteiger partial charge in [0.2, 0.25) is 0 Å². The Bertz CT molecular complexity index is 706. The second-order valence-electron chi connectivity index (χ2n) is 4.73. The minimum Gasteiger partial charge on any atom is -0.465 e. The van der Waals surface area contributed by atoms with Crippen LogP contribution in [-0.4, -0.2) is 28.0 Å². The number of rotatable bonds is 4. The lowest BCUT2D eigenvalue weighted by atomic mass is 10.1. The third-order valence-corrected chi connectivity index (χ3v) is 4.72. The van der Waals surface area contributed by atoms with Crippen molar-refractivity contribution in [3.63, 3.8) is 0 Å². The molecule has 0 spiro atoms. The van der Waals surface area contributed by atoms with Gasteiger partial charge < -0.3 is 15.4 Å². The molecular formula is C14H18N4O2S2. The van der Waals surface area contributed by atoms with Crippen molar-refractivity contribution in [2.45, 2.75) is 20.4 Å². The Morgan fingerprint density at radius 1 is 1.50 bits per heavy atom. The molecule has 8 heteroatoms. The summed E-state index contributed by atoms with van der Waals surface area (Å²) in [6, 6.07) is 1.91. The van der Waals surface area contributed by atoms with Gasteiger partial charge in [0, 0.05) is 18.1 Å². The molecule has 0 aliphatic heterocycles. The SMILES string of the molecule is COC(=O)c1c(NC(=S)NCc2ccnn2C)sc(C)c1C. The maximum Gasteiger partial charge on any atom is 0.341 e. The van der Waals surface area contributed by atoms with Crippen molar-refractivity contribution in [1.82, 2.24) is 15.1 Å². The number of thiocarbonyl (C=S) groups is 1. The fourth-order valence-electron chi connectivity index (χ4n) is 1.96. The quantitative estimate of drug-likeness (QED) is 0.659. The van der Waals surface area contributed by atoms with Crippen molar-refractivity contribution in [2.75, 3.05) is 12.4 Å². The first-order valence-electron chi connectivity index (χ1n) is 6.64. The summed E-state index contributed by atoms with van der Waals surface area (Å²) in [7, 11) is 3.24. The lowest BCUT2D eigenvalue weighted by Crippen LogP contribution is -2.29. The molecule has 2 heterocycles. The van der Waals surface area contributed by atoms with E-state index in [1.807, 2.05) is 27.0 Å². The molecule has 2 aromatic rings. The number of esters is 1. The Hall–Kier alpha value is -1.93. The number of thiophene rings is 1. The third kappa shape index (κ3) is 3.45. The first kappa shape index (κ1) is 16.4. The van der Waals surface area contributed by atoms with Crippen LogP contribution in [0.25, 0.3) is 0 Å². The van der Waals surface area contributed by atoms with E-state index in [0.29, 0.717) is 22.2 Å². The number of aromatic nitrogens is 2. The number of hydrogen-bond donors (Lipinski definition) is 2. The molecule has 0 aliphatic rings. The second kappa shape index (κ2) is 6.89. The highest BCUT2D eigenvalue weighted by Gasteiger charge is 2.20. The number of anilines is 1. The Balaban J connectivity index is 2.07. The van der Waals surface area contributed by atoms with Crippen molar-refractivity contribution in [3.8, 4) is 0 Å². The van der Waals surface area contributed by atoms with E-state index in [1.165, 1.54) is 18.4 Å². The van der Waals surface area contributed by atoms with Crippen LogP contribution in [0.3, 0.4) is 0 Å². The van der Waals surface area contributed by atoms with Gasteiger partial charge in [0.1, 0.15) is 5.00 Å². The number of nitrogens with one attached hydrogen (secondary N) is 2. The van der Waals surface area contributed by atoms with Gasteiger partial charge in [0.15, 0.2) is 5.11 Å². The van der Waals surface area contributed by atoms with Gasteiger partial charge in [-0.3, -0.25) is 4.68 Å². The van der Waals surface area contributed by atoms with Crippen LogP contribution in [0.5, 0.6) is 0 Å². The Morgan fingerprint density at radius 3 is 2.82 bits per heavy atom. The minimum atomic E-state index is -0.362. The van der Waals surface area contributed by atoms with E-state index in [-0.39, 0.29) is 5.97 Å². The van der Waals surface area contributed by atoms with Crippen LogP contribution >= 0.6 is 23.6 Å². The zero-order valence-corrected chi connectivity index (χ0v) is 14.5. The van der Waals surface area contributed by atoms with Gasteiger partial charge in [-0.15, -0.1) is 11.3 Å². The first-order valence-corrected chi connectivity index (χ1v) is 7.86. The molecule has 0 unspecified atom stereocenters. The molecule has 0 radical (unpaired) electrons. The first-order chi connectivity index (χ1) is 10.4. The topological polar surface area (TPSA) is 68.2 Å². The Morgan fingerprint density at radius 2 is 2.23 bits per heavy atom. The minimum absolute atomic E-state index is 0.362. The molecule has 0 aromatic carbocycles. The highest BCUT2D eigenvalue weighted by atomic mass is 32.1. The van der Waals surface area contributed by atoms with Crippen molar-refractivity contribution in [2.24, 2.45) is 7.05 Å². The van der Waals surface area contributed by atoms with E-state index >= 15 is 0 Å². The summed E-state index contributed by atoms with van der Waals surface area (Å²) in [6.45, 7) is 4.42. The summed E-state index contributed by atoms with van der Waals surface area (Å²) in [6.07, 6.45) is 1.73. The Labute approximate surface area is 138 Å². The lowest BCUT2D eigenvalue weighted by Gasteiger charge is -2.10. The molecule has 0 saturated heterocycles. The van der Waals surface area contributed by atoms with Crippen molar-refractivity contribution in [1.29, 1.82) is 0 Å². The van der Waals surface area contributed by atoms with E-state index < -0.39 is 0 Å². The maximum absolute atomic E-state index is 11.9. The molecule has 0 bridgehead atoms. The second-order valence-corrected chi connectivity index (χ2v) is 6.37. The molecule has 0 amide bonds. The molecule has 6 nitrogen and oxygen atoms in total. The molecular weight excluding hydrogens is 320 g/mol. The number of nitrogens with zero attached hydrogens (tertiary/aromatic N) is 2. The predicted molar refractivity (Wildman–Crippen MR) is 91.4 cm³/mol. The number of aryl methyl sites for hydroxylation is 2. The van der Waals surface area contributed by atoms with Gasteiger partial charge >= 0.3 is 5.97 Å². The average molecular weight is 338 g/mol. The van der Waals surface area contributed by atoms with Gasteiger partial charge in [-0.25, -0.2) is 4.79 Å². The molecule has 2 rings (SSSR count). The molecule has 0 aliphatic carbocycles. The summed E-state index contributed by atoms with van der Waals surface area (Å²) in [5.41, 5.74) is 2.46. The van der Waals surface area contributed by atoms with Crippen molar-refractivity contribution >= 4 is 39.6 Å². The summed E-state index contributed by atoms with van der Waals surface area (Å²) < 4.78 is 6.61. The van der Waals surface area contributed by atoms with Gasteiger partial charge in [0.25, 0.3) is 0 Å². The van der Waals surface area contributed by atoms with Crippen LogP contribution in [-0.2, 0) is 18.3 Å². The van der Waals surface area contributed by atoms with Crippen LogP contribution in [0.15, 0.2) is 12.3 Å². The molecule has 2 aromatic heterocycles. The fourth-order valence-corrected chi connectivity index (χ4v) is 3.25. The fraction of sp³-hybridized carbons (Fsp3) is 0.357. The van der Waals surface area contributed by atoms with E-state index in [2.05, 4.69) is 15.7 Å². The van der Waals surface area contributed by atoms with Crippen LogP contribution < -0.4 is 10.6 Å². The molecule has 0 atom stereocenters. The van der Waals surface area contributed by atoms with Crippen LogP contribution in [0, 0.1) is 13.8 Å². The van der Waals surface area contributed by atoms with Crippen LogP contribution in [0.4, 0.5) is 5.00 Å². The maximum atomic E-state index is 11.9. The number of carbonyl (C=O) groups is 1. The third-order valence-electron chi connectivity index (χ3n) is 3.35. The van der Waals surface area contributed by atoms with Gasteiger partial charge in [-0.2, -0.15) is 5.10 Å². The smallest absolute Gasteiger partial charge is 0.341 e. The highest BCUT2D eigenvalue weighted by Crippen LogP contribution is 2.32. The monoisotopic (exact) mass is 338 g/mol. The van der Waals surface area contributed by atoms with Crippen LogP contribution in [0.2, 0.25) is 0 Å². The molecule has 118 valence electrons. The van der Waals surface area contributed by atoms with Crippen LogP contribution in [0.1, 0.15) is 26.5 Å². The zero-order chi connectivity index (χ0) is 16.3. The zero-order valence-electron chi connectivity index (χ0n) is 12.9. The lowest BCUT2D eigenvalue weighted by molar-refractivity contribution is 0.0601. The van der Waals surface area contributed by atoms with E-state index in [4.69, 9.17) is 17.0 Å². The standard InChI is InChI=1S/C14H18N4O2S2/c1-8-9(2)22-12(11(8)13(19)20-4)17-14(21)15-7-10-5-6-16-18(10)3/h5-6H,7H2,1-4H3,(H2,15,17,21). The Kier molecular flexibility index (Phi) is 5.15.